The fraction of sp³-hybridized carbons (Fsp3) is 0. The molecule has 0 N–H and O–H groups in total. The summed E-state index contributed by atoms with van der Waals surface area (Å²) in [4.78, 5) is 15.7. The Hall–Kier alpha value is -8.61. The van der Waals surface area contributed by atoms with E-state index in [1.807, 2.05) is 36.4 Å². The fourth-order valence-corrected chi connectivity index (χ4v) is 9.38. The molecule has 13 aromatic rings. The van der Waals surface area contributed by atoms with Gasteiger partial charge < -0.3 is 13.4 Å². The Balaban J connectivity index is 1.03. The van der Waals surface area contributed by atoms with Crippen LogP contribution in [0, 0.1) is 0 Å². The predicted octanol–water partition coefficient (Wildman–Crippen LogP) is 15.1. The lowest BCUT2D eigenvalue weighted by molar-refractivity contribution is 0.668. The summed E-state index contributed by atoms with van der Waals surface area (Å²) in [5.41, 5.74) is 13.6. The van der Waals surface area contributed by atoms with E-state index in [1.165, 1.54) is 10.8 Å². The average molecular weight is 807 g/mol. The number of para-hydroxylation sites is 2. The first-order chi connectivity index (χ1) is 31.2. The SMILES string of the molecule is c1ccc(-c2cccc(-c3nc(-c4cccc(-c5ccccc5)c4)nc(-c4cccc5oc6ccc(-n7c8ccccc8c8c9c(ccc87)oc7ccccc79)cc6c45)n3)c2)cc1. The van der Waals surface area contributed by atoms with Crippen LogP contribution in [0.5, 0.6) is 0 Å². The third-order valence-electron chi connectivity index (χ3n) is 12.2. The summed E-state index contributed by atoms with van der Waals surface area (Å²) in [6.07, 6.45) is 0. The first-order valence-electron chi connectivity index (χ1n) is 21.1. The van der Waals surface area contributed by atoms with E-state index in [9.17, 15) is 0 Å². The van der Waals surface area contributed by atoms with E-state index in [4.69, 9.17) is 23.8 Å². The van der Waals surface area contributed by atoms with Gasteiger partial charge in [-0.05, 0) is 82.9 Å². The lowest BCUT2D eigenvalue weighted by Gasteiger charge is -2.11. The van der Waals surface area contributed by atoms with E-state index in [0.29, 0.717) is 17.5 Å². The molecule has 0 saturated carbocycles. The maximum atomic E-state index is 6.62. The molecule has 13 rings (SSSR count). The summed E-state index contributed by atoms with van der Waals surface area (Å²) in [5.74, 6) is 1.74. The molecule has 294 valence electrons. The second kappa shape index (κ2) is 14.0. The molecule has 4 aromatic heterocycles. The first-order valence-corrected chi connectivity index (χ1v) is 21.1. The minimum atomic E-state index is 0.565. The Morgan fingerprint density at radius 2 is 0.825 bits per heavy atom. The lowest BCUT2D eigenvalue weighted by atomic mass is 10.0. The van der Waals surface area contributed by atoms with Crippen molar-refractivity contribution in [2.75, 3.05) is 0 Å². The summed E-state index contributed by atoms with van der Waals surface area (Å²) in [7, 11) is 0. The molecule has 4 heterocycles. The second-order valence-electron chi connectivity index (χ2n) is 15.9. The molecule has 0 amide bonds. The molecule has 9 aromatic carbocycles. The van der Waals surface area contributed by atoms with E-state index >= 15 is 0 Å². The van der Waals surface area contributed by atoms with Gasteiger partial charge >= 0.3 is 0 Å². The molecule has 0 aliphatic carbocycles. The predicted molar refractivity (Wildman–Crippen MR) is 256 cm³/mol. The van der Waals surface area contributed by atoms with Crippen molar-refractivity contribution in [3.05, 3.63) is 206 Å². The van der Waals surface area contributed by atoms with Gasteiger partial charge in [-0.3, -0.25) is 0 Å². The number of fused-ring (bicyclic) bond motifs is 10. The molecule has 0 radical (unpaired) electrons. The summed E-state index contributed by atoms with van der Waals surface area (Å²) < 4.78 is 15.3. The Morgan fingerprint density at radius 3 is 1.54 bits per heavy atom. The quantitative estimate of drug-likeness (QED) is 0.167. The molecule has 0 aliphatic rings. The number of benzene rings is 9. The van der Waals surface area contributed by atoms with Crippen LogP contribution in [-0.4, -0.2) is 19.5 Å². The molecule has 6 nitrogen and oxygen atoms in total. The maximum Gasteiger partial charge on any atom is 0.164 e. The van der Waals surface area contributed by atoms with Gasteiger partial charge in [0.05, 0.1) is 11.0 Å². The Bertz CT molecular complexity index is 3820. The van der Waals surface area contributed by atoms with Crippen LogP contribution in [0.3, 0.4) is 0 Å². The molecule has 0 saturated heterocycles. The Kier molecular flexibility index (Phi) is 7.80. The van der Waals surface area contributed by atoms with E-state index in [1.54, 1.807) is 0 Å². The van der Waals surface area contributed by atoms with Crippen molar-refractivity contribution in [1.82, 2.24) is 19.5 Å². The molecule has 6 heteroatoms. The molecular formula is C57H34N4O2. The molecule has 0 aliphatic heterocycles. The van der Waals surface area contributed by atoms with Crippen molar-refractivity contribution in [2.45, 2.75) is 0 Å². The van der Waals surface area contributed by atoms with Crippen LogP contribution in [0.25, 0.3) is 128 Å². The summed E-state index contributed by atoms with van der Waals surface area (Å²) in [5, 5.41) is 6.48. The van der Waals surface area contributed by atoms with Gasteiger partial charge in [-0.15, -0.1) is 0 Å². The molecule has 0 bridgehead atoms. The molecule has 0 fully saturated rings. The Morgan fingerprint density at radius 1 is 0.302 bits per heavy atom. The van der Waals surface area contributed by atoms with Gasteiger partial charge in [0.25, 0.3) is 0 Å². The van der Waals surface area contributed by atoms with Crippen LogP contribution >= 0.6 is 0 Å². The highest BCUT2D eigenvalue weighted by atomic mass is 16.3. The van der Waals surface area contributed by atoms with E-state index in [0.717, 1.165) is 99.5 Å². The highest BCUT2D eigenvalue weighted by Gasteiger charge is 2.22. The average Bonchev–Trinajstić information content (AvgIpc) is 4.04. The number of nitrogens with zero attached hydrogens (tertiary/aromatic N) is 4. The molecule has 0 unspecified atom stereocenters. The Labute approximate surface area is 361 Å². The summed E-state index contributed by atoms with van der Waals surface area (Å²) >= 11 is 0. The summed E-state index contributed by atoms with van der Waals surface area (Å²) in [6.45, 7) is 0. The highest BCUT2D eigenvalue weighted by molar-refractivity contribution is 6.27. The van der Waals surface area contributed by atoms with Crippen molar-refractivity contribution in [3.8, 4) is 62.1 Å². The zero-order chi connectivity index (χ0) is 41.4. The standard InChI is InChI=1S/C57H34N4O2/c1-3-14-35(15-4-1)37-18-11-20-39(32-37)55-58-56(40-21-12-19-38(33-40)36-16-5-2-6-17-36)60-57(59-55)44-24-13-27-50-52(44)45-34-41(28-30-49(45)63-50)61-46-25-9-7-22-42(46)53-47(61)29-31-51-54(53)43-23-8-10-26-48(43)62-51/h1-34H. The van der Waals surface area contributed by atoms with Crippen LogP contribution in [0.1, 0.15) is 0 Å². The van der Waals surface area contributed by atoms with Gasteiger partial charge in [0.15, 0.2) is 17.5 Å². The van der Waals surface area contributed by atoms with Gasteiger partial charge in [-0.1, -0.05) is 146 Å². The topological polar surface area (TPSA) is 69.9 Å². The number of furan rings is 2. The maximum absolute atomic E-state index is 6.62. The van der Waals surface area contributed by atoms with Gasteiger partial charge in [0, 0.05) is 54.7 Å². The second-order valence-corrected chi connectivity index (χ2v) is 15.9. The van der Waals surface area contributed by atoms with Crippen LogP contribution in [0.4, 0.5) is 0 Å². The first kappa shape index (κ1) is 35.2. The van der Waals surface area contributed by atoms with Crippen molar-refractivity contribution in [1.29, 1.82) is 0 Å². The van der Waals surface area contributed by atoms with E-state index < -0.39 is 0 Å². The van der Waals surface area contributed by atoms with Crippen molar-refractivity contribution in [2.24, 2.45) is 0 Å². The van der Waals surface area contributed by atoms with Crippen LogP contribution in [-0.2, 0) is 0 Å². The fourth-order valence-electron chi connectivity index (χ4n) is 9.38. The van der Waals surface area contributed by atoms with Crippen molar-refractivity contribution in [3.63, 3.8) is 0 Å². The monoisotopic (exact) mass is 806 g/mol. The van der Waals surface area contributed by atoms with E-state index in [-0.39, 0.29) is 0 Å². The molecule has 0 spiro atoms. The number of hydrogen-bond donors (Lipinski definition) is 0. The molecular weight excluding hydrogens is 773 g/mol. The number of aromatic nitrogens is 4. The number of hydrogen-bond acceptors (Lipinski definition) is 5. The van der Waals surface area contributed by atoms with Gasteiger partial charge in [-0.25, -0.2) is 15.0 Å². The van der Waals surface area contributed by atoms with Crippen molar-refractivity contribution < 1.29 is 8.83 Å². The molecule has 0 atom stereocenters. The zero-order valence-electron chi connectivity index (χ0n) is 33.7. The molecule has 63 heavy (non-hydrogen) atoms. The summed E-state index contributed by atoms with van der Waals surface area (Å²) in [6, 6.07) is 71.4. The van der Waals surface area contributed by atoms with Gasteiger partial charge in [0.2, 0.25) is 0 Å². The number of rotatable bonds is 6. The third-order valence-corrected chi connectivity index (χ3v) is 12.2. The third kappa shape index (κ3) is 5.69. The van der Waals surface area contributed by atoms with Crippen LogP contribution < -0.4 is 0 Å². The minimum absolute atomic E-state index is 0.565. The zero-order valence-corrected chi connectivity index (χ0v) is 33.7. The normalized spacial score (nSPS) is 11.8. The largest absolute Gasteiger partial charge is 0.456 e. The van der Waals surface area contributed by atoms with Gasteiger partial charge in [-0.2, -0.15) is 0 Å². The lowest BCUT2D eigenvalue weighted by Crippen LogP contribution is -2.01. The van der Waals surface area contributed by atoms with Crippen LogP contribution in [0.2, 0.25) is 0 Å². The van der Waals surface area contributed by atoms with E-state index in [2.05, 4.69) is 174 Å². The van der Waals surface area contributed by atoms with Crippen LogP contribution in [0.15, 0.2) is 215 Å². The van der Waals surface area contributed by atoms with Crippen molar-refractivity contribution >= 4 is 65.7 Å². The minimum Gasteiger partial charge on any atom is -0.456 e. The smallest absolute Gasteiger partial charge is 0.164 e. The highest BCUT2D eigenvalue weighted by Crippen LogP contribution is 2.43. The van der Waals surface area contributed by atoms with Gasteiger partial charge in [0.1, 0.15) is 22.3 Å².